The van der Waals surface area contributed by atoms with Gasteiger partial charge in [-0.3, -0.25) is 0 Å². The number of benzene rings is 2. The monoisotopic (exact) mass is 270 g/mol. The molecule has 1 N–H and O–H groups in total. The molecule has 0 amide bonds. The Morgan fingerprint density at radius 2 is 1.55 bits per heavy atom. The molecule has 0 aliphatic heterocycles. The summed E-state index contributed by atoms with van der Waals surface area (Å²) in [7, 11) is 0. The van der Waals surface area contributed by atoms with Gasteiger partial charge in [-0.1, -0.05) is 56.5 Å². The molecule has 0 spiro atoms. The lowest BCUT2D eigenvalue weighted by atomic mass is 10.0. The molecule has 0 aliphatic carbocycles. The number of hydrogen-bond donors (Lipinski definition) is 1. The first-order chi connectivity index (χ1) is 9.79. The van der Waals surface area contributed by atoms with Gasteiger partial charge in [0.05, 0.1) is 6.10 Å². The van der Waals surface area contributed by atoms with Crippen molar-refractivity contribution < 1.29 is 9.84 Å². The smallest absolute Gasteiger partial charge is 0.127 e. The van der Waals surface area contributed by atoms with Crippen molar-refractivity contribution in [1.82, 2.24) is 0 Å². The minimum Gasteiger partial charge on any atom is -0.457 e. The molecule has 0 saturated carbocycles. The van der Waals surface area contributed by atoms with Crippen molar-refractivity contribution in [3.63, 3.8) is 0 Å². The van der Waals surface area contributed by atoms with Gasteiger partial charge in [-0.15, -0.1) is 0 Å². The van der Waals surface area contributed by atoms with Gasteiger partial charge in [0.15, 0.2) is 0 Å². The van der Waals surface area contributed by atoms with E-state index in [0.717, 1.165) is 29.9 Å². The molecule has 2 aromatic rings. The van der Waals surface area contributed by atoms with E-state index < -0.39 is 0 Å². The van der Waals surface area contributed by atoms with Crippen LogP contribution in [-0.2, 0) is 0 Å². The highest BCUT2D eigenvalue weighted by Crippen LogP contribution is 2.25. The summed E-state index contributed by atoms with van der Waals surface area (Å²) in [5, 5.41) is 10.1. The van der Waals surface area contributed by atoms with Gasteiger partial charge in [-0.25, -0.2) is 0 Å². The van der Waals surface area contributed by atoms with Gasteiger partial charge in [0.1, 0.15) is 11.5 Å². The lowest BCUT2D eigenvalue weighted by molar-refractivity contribution is 0.163. The lowest BCUT2D eigenvalue weighted by Gasteiger charge is -2.11. The van der Waals surface area contributed by atoms with Crippen LogP contribution in [0.5, 0.6) is 11.5 Å². The van der Waals surface area contributed by atoms with Crippen molar-refractivity contribution in [2.45, 2.75) is 38.7 Å². The molecule has 0 saturated heterocycles. The number of aliphatic hydroxyl groups is 1. The molecule has 0 aromatic heterocycles. The predicted molar refractivity (Wildman–Crippen MR) is 82.1 cm³/mol. The first-order valence-electron chi connectivity index (χ1n) is 7.30. The second-order valence-electron chi connectivity index (χ2n) is 5.00. The van der Waals surface area contributed by atoms with Crippen LogP contribution in [0.15, 0.2) is 54.6 Å². The highest BCUT2D eigenvalue weighted by molar-refractivity contribution is 5.33. The van der Waals surface area contributed by atoms with Crippen LogP contribution in [0.2, 0.25) is 0 Å². The van der Waals surface area contributed by atoms with Gasteiger partial charge >= 0.3 is 0 Å². The number of hydrogen-bond acceptors (Lipinski definition) is 2. The molecule has 2 nitrogen and oxygen atoms in total. The van der Waals surface area contributed by atoms with Crippen LogP contribution in [0.25, 0.3) is 0 Å². The second-order valence-corrected chi connectivity index (χ2v) is 5.00. The summed E-state index contributed by atoms with van der Waals surface area (Å²) < 4.78 is 5.73. The molecule has 1 atom stereocenters. The molecule has 0 heterocycles. The second kappa shape index (κ2) is 7.71. The van der Waals surface area contributed by atoms with E-state index in [1.165, 1.54) is 12.8 Å². The van der Waals surface area contributed by atoms with E-state index in [4.69, 9.17) is 4.74 Å². The van der Waals surface area contributed by atoms with Crippen LogP contribution < -0.4 is 4.74 Å². The van der Waals surface area contributed by atoms with Crippen LogP contribution in [0.4, 0.5) is 0 Å². The quantitative estimate of drug-likeness (QED) is 0.710. The summed E-state index contributed by atoms with van der Waals surface area (Å²) in [6.45, 7) is 2.17. The maximum atomic E-state index is 10.1. The standard InChI is InChI=1S/C18H22O2/c1-2-3-5-10-18(19)15-11-13-17(14-12-15)20-16-8-6-4-7-9-16/h4,6-9,11-14,18-19H,2-3,5,10H2,1H3. The van der Waals surface area contributed by atoms with Crippen LogP contribution >= 0.6 is 0 Å². The molecule has 2 rings (SSSR count). The molecule has 106 valence electrons. The van der Waals surface area contributed by atoms with E-state index >= 15 is 0 Å². The minimum atomic E-state index is -0.368. The zero-order chi connectivity index (χ0) is 14.2. The van der Waals surface area contributed by atoms with E-state index in [1.807, 2.05) is 54.6 Å². The Balaban J connectivity index is 1.92. The molecule has 20 heavy (non-hydrogen) atoms. The maximum absolute atomic E-state index is 10.1. The molecule has 0 aliphatic rings. The van der Waals surface area contributed by atoms with E-state index in [9.17, 15) is 5.11 Å². The Bertz CT molecular complexity index is 491. The third-order valence-electron chi connectivity index (χ3n) is 3.32. The van der Waals surface area contributed by atoms with E-state index in [2.05, 4.69) is 6.92 Å². The first kappa shape index (κ1) is 14.6. The SMILES string of the molecule is CCCCCC(O)c1ccc(Oc2ccccc2)cc1. The topological polar surface area (TPSA) is 29.5 Å². The average molecular weight is 270 g/mol. The normalized spacial score (nSPS) is 12.1. The van der Waals surface area contributed by atoms with Crippen molar-refractivity contribution in [1.29, 1.82) is 0 Å². The van der Waals surface area contributed by atoms with Crippen molar-refractivity contribution in [3.05, 3.63) is 60.2 Å². The van der Waals surface area contributed by atoms with E-state index in [-0.39, 0.29) is 6.10 Å². The Morgan fingerprint density at radius 1 is 0.900 bits per heavy atom. The lowest BCUT2D eigenvalue weighted by Crippen LogP contribution is -1.97. The Kier molecular flexibility index (Phi) is 5.63. The van der Waals surface area contributed by atoms with Crippen LogP contribution in [0.3, 0.4) is 0 Å². The van der Waals surface area contributed by atoms with Gasteiger partial charge in [-0.2, -0.15) is 0 Å². The number of aliphatic hydroxyl groups excluding tert-OH is 1. The molecular formula is C18H22O2. The van der Waals surface area contributed by atoms with Crippen molar-refractivity contribution in [2.24, 2.45) is 0 Å². The molecule has 0 bridgehead atoms. The molecule has 2 aromatic carbocycles. The molecule has 0 radical (unpaired) electrons. The van der Waals surface area contributed by atoms with Crippen LogP contribution in [-0.4, -0.2) is 5.11 Å². The fourth-order valence-corrected chi connectivity index (χ4v) is 2.14. The predicted octanol–water partition coefficient (Wildman–Crippen LogP) is 5.09. The molecular weight excluding hydrogens is 248 g/mol. The summed E-state index contributed by atoms with van der Waals surface area (Å²) in [6, 6.07) is 17.4. The zero-order valence-electron chi connectivity index (χ0n) is 12.0. The minimum absolute atomic E-state index is 0.368. The fourth-order valence-electron chi connectivity index (χ4n) is 2.14. The number of unbranched alkanes of at least 4 members (excludes halogenated alkanes) is 2. The van der Waals surface area contributed by atoms with Gasteiger partial charge in [-0.05, 0) is 36.2 Å². The third-order valence-corrected chi connectivity index (χ3v) is 3.32. The largest absolute Gasteiger partial charge is 0.457 e. The molecule has 0 fully saturated rings. The number of para-hydroxylation sites is 1. The highest BCUT2D eigenvalue weighted by atomic mass is 16.5. The van der Waals surface area contributed by atoms with Gasteiger partial charge in [0.25, 0.3) is 0 Å². The van der Waals surface area contributed by atoms with Crippen LogP contribution in [0.1, 0.15) is 44.3 Å². The molecule has 1 unspecified atom stereocenters. The zero-order valence-corrected chi connectivity index (χ0v) is 12.0. The fraction of sp³-hybridized carbons (Fsp3) is 0.333. The van der Waals surface area contributed by atoms with Gasteiger partial charge in [0.2, 0.25) is 0 Å². The van der Waals surface area contributed by atoms with Crippen LogP contribution in [0, 0.1) is 0 Å². The Labute approximate surface area is 121 Å². The van der Waals surface area contributed by atoms with E-state index in [1.54, 1.807) is 0 Å². The summed E-state index contributed by atoms with van der Waals surface area (Å²) >= 11 is 0. The van der Waals surface area contributed by atoms with Gasteiger partial charge in [0, 0.05) is 0 Å². The Morgan fingerprint density at radius 3 is 2.20 bits per heavy atom. The summed E-state index contributed by atoms with van der Waals surface area (Å²) in [4.78, 5) is 0. The van der Waals surface area contributed by atoms with Gasteiger partial charge < -0.3 is 9.84 Å². The highest BCUT2D eigenvalue weighted by Gasteiger charge is 2.07. The van der Waals surface area contributed by atoms with E-state index in [0.29, 0.717) is 0 Å². The summed E-state index contributed by atoms with van der Waals surface area (Å²) in [5.41, 5.74) is 0.960. The number of rotatable bonds is 7. The maximum Gasteiger partial charge on any atom is 0.127 e. The average Bonchev–Trinajstić information content (AvgIpc) is 2.49. The molecule has 2 heteroatoms. The Hall–Kier alpha value is -1.80. The van der Waals surface area contributed by atoms with Crippen molar-refractivity contribution >= 4 is 0 Å². The summed E-state index contributed by atoms with van der Waals surface area (Å²) in [6.07, 6.45) is 3.88. The number of ether oxygens (including phenoxy) is 1. The van der Waals surface area contributed by atoms with Crippen molar-refractivity contribution in [2.75, 3.05) is 0 Å². The van der Waals surface area contributed by atoms with Crippen molar-refractivity contribution in [3.8, 4) is 11.5 Å². The first-order valence-corrected chi connectivity index (χ1v) is 7.30. The summed E-state index contributed by atoms with van der Waals surface area (Å²) in [5.74, 6) is 1.62. The third kappa shape index (κ3) is 4.39.